The van der Waals surface area contributed by atoms with Gasteiger partial charge in [-0.3, -0.25) is 10.1 Å². The van der Waals surface area contributed by atoms with Crippen molar-refractivity contribution in [2.75, 3.05) is 10.6 Å². The average molecular weight is 442 g/mol. The Balaban J connectivity index is 1.67. The first kappa shape index (κ1) is 23.2. The Morgan fingerprint density at radius 2 is 1.84 bits per heavy atom. The number of ether oxygens (including phenoxy) is 1. The van der Waals surface area contributed by atoms with Crippen LogP contribution >= 0.6 is 0 Å². The molecule has 2 aromatic heterocycles. The SMILES string of the molecule is Cc1cc2nc(C)c(CCC(=O)Nc3cc(NC(=O)OC(C)(C)C)ccc3F)c(C)n2n1. The van der Waals surface area contributed by atoms with Crippen molar-refractivity contribution < 1.29 is 18.7 Å². The van der Waals surface area contributed by atoms with Crippen molar-refractivity contribution in [1.29, 1.82) is 0 Å². The molecule has 0 fully saturated rings. The maximum atomic E-state index is 14.2. The van der Waals surface area contributed by atoms with E-state index in [1.807, 2.05) is 26.8 Å². The number of rotatable bonds is 5. The van der Waals surface area contributed by atoms with Crippen molar-refractivity contribution in [1.82, 2.24) is 14.6 Å². The normalized spacial score (nSPS) is 11.5. The van der Waals surface area contributed by atoms with Crippen molar-refractivity contribution in [3.63, 3.8) is 0 Å². The van der Waals surface area contributed by atoms with Gasteiger partial charge in [0.2, 0.25) is 5.91 Å². The number of carbonyl (C=O) groups excluding carboxylic acids is 2. The molecule has 3 rings (SSSR count). The number of hydrogen-bond acceptors (Lipinski definition) is 5. The van der Waals surface area contributed by atoms with E-state index in [1.165, 1.54) is 18.2 Å². The molecule has 2 heterocycles. The van der Waals surface area contributed by atoms with E-state index in [0.29, 0.717) is 12.1 Å². The number of aryl methyl sites for hydroxylation is 3. The lowest BCUT2D eigenvalue weighted by atomic mass is 10.1. The van der Waals surface area contributed by atoms with Crippen LogP contribution in [0, 0.1) is 26.6 Å². The van der Waals surface area contributed by atoms with E-state index in [1.54, 1.807) is 25.3 Å². The Bertz CT molecular complexity index is 1180. The summed E-state index contributed by atoms with van der Waals surface area (Å²) in [6.07, 6.45) is -0.0924. The third-order valence-corrected chi connectivity index (χ3v) is 4.77. The molecule has 0 aliphatic rings. The van der Waals surface area contributed by atoms with Crippen molar-refractivity contribution in [3.8, 4) is 0 Å². The zero-order valence-corrected chi connectivity index (χ0v) is 19.2. The predicted octanol–water partition coefficient (Wildman–Crippen LogP) is 4.71. The smallest absolute Gasteiger partial charge is 0.412 e. The number of aromatic nitrogens is 3. The highest BCUT2D eigenvalue weighted by Gasteiger charge is 2.17. The Morgan fingerprint density at radius 3 is 2.53 bits per heavy atom. The molecule has 0 atom stereocenters. The van der Waals surface area contributed by atoms with Crippen LogP contribution in [-0.4, -0.2) is 32.2 Å². The Kier molecular flexibility index (Phi) is 6.47. The fourth-order valence-corrected chi connectivity index (χ4v) is 3.37. The van der Waals surface area contributed by atoms with Gasteiger partial charge in [0.25, 0.3) is 0 Å². The van der Waals surface area contributed by atoms with E-state index >= 15 is 0 Å². The minimum Gasteiger partial charge on any atom is -0.444 e. The molecule has 0 saturated heterocycles. The van der Waals surface area contributed by atoms with Gasteiger partial charge in [0.15, 0.2) is 5.65 Å². The van der Waals surface area contributed by atoms with Crippen LogP contribution in [-0.2, 0) is 16.0 Å². The van der Waals surface area contributed by atoms with Crippen molar-refractivity contribution in [3.05, 3.63) is 52.7 Å². The molecule has 1 aromatic carbocycles. The average Bonchev–Trinajstić information content (AvgIpc) is 3.03. The van der Waals surface area contributed by atoms with Gasteiger partial charge in [-0.25, -0.2) is 18.7 Å². The molecule has 3 aromatic rings. The zero-order chi connectivity index (χ0) is 23.6. The number of halogens is 1. The lowest BCUT2D eigenvalue weighted by Crippen LogP contribution is -2.27. The van der Waals surface area contributed by atoms with Gasteiger partial charge in [-0.1, -0.05) is 0 Å². The summed E-state index contributed by atoms with van der Waals surface area (Å²) in [6.45, 7) is 11.0. The second-order valence-electron chi connectivity index (χ2n) is 8.69. The first-order valence-corrected chi connectivity index (χ1v) is 10.3. The number of fused-ring (bicyclic) bond motifs is 1. The van der Waals surface area contributed by atoms with Crippen LogP contribution in [0.2, 0.25) is 0 Å². The summed E-state index contributed by atoms with van der Waals surface area (Å²) in [6, 6.07) is 5.83. The molecule has 0 radical (unpaired) electrons. The number of nitrogens with one attached hydrogen (secondary N) is 2. The number of benzene rings is 1. The topological polar surface area (TPSA) is 97.6 Å². The van der Waals surface area contributed by atoms with Crippen LogP contribution < -0.4 is 10.6 Å². The number of anilines is 2. The highest BCUT2D eigenvalue weighted by Crippen LogP contribution is 2.22. The number of amides is 2. The van der Waals surface area contributed by atoms with Gasteiger partial charge in [0.1, 0.15) is 11.4 Å². The van der Waals surface area contributed by atoms with Crippen molar-refractivity contribution in [2.45, 2.75) is 60.0 Å². The predicted molar refractivity (Wildman–Crippen MR) is 120 cm³/mol. The summed E-state index contributed by atoms with van der Waals surface area (Å²) in [4.78, 5) is 29.0. The van der Waals surface area contributed by atoms with Gasteiger partial charge in [0, 0.05) is 29.6 Å². The second-order valence-corrected chi connectivity index (χ2v) is 8.69. The molecule has 0 spiro atoms. The van der Waals surface area contributed by atoms with E-state index in [0.717, 1.165) is 28.3 Å². The van der Waals surface area contributed by atoms with Gasteiger partial charge in [-0.15, -0.1) is 0 Å². The van der Waals surface area contributed by atoms with E-state index in [4.69, 9.17) is 4.74 Å². The monoisotopic (exact) mass is 441 g/mol. The van der Waals surface area contributed by atoms with Crippen LogP contribution in [0.25, 0.3) is 5.65 Å². The van der Waals surface area contributed by atoms with E-state index in [-0.39, 0.29) is 18.0 Å². The Morgan fingerprint density at radius 1 is 1.12 bits per heavy atom. The van der Waals surface area contributed by atoms with Gasteiger partial charge in [-0.2, -0.15) is 5.10 Å². The molecule has 0 saturated carbocycles. The number of hydrogen-bond donors (Lipinski definition) is 2. The van der Waals surface area contributed by atoms with Gasteiger partial charge < -0.3 is 10.1 Å². The summed E-state index contributed by atoms with van der Waals surface area (Å²) in [5.74, 6) is -0.954. The van der Waals surface area contributed by atoms with E-state index in [2.05, 4.69) is 20.7 Å². The maximum absolute atomic E-state index is 14.2. The first-order valence-electron chi connectivity index (χ1n) is 10.3. The highest BCUT2D eigenvalue weighted by molar-refractivity contribution is 5.92. The largest absolute Gasteiger partial charge is 0.444 e. The molecule has 0 unspecified atom stereocenters. The van der Waals surface area contributed by atoms with Crippen LogP contribution in [0.1, 0.15) is 49.8 Å². The lowest BCUT2D eigenvalue weighted by molar-refractivity contribution is -0.116. The van der Waals surface area contributed by atoms with Gasteiger partial charge in [0.05, 0.1) is 11.4 Å². The fraction of sp³-hybridized carbons (Fsp3) is 0.391. The molecule has 0 bridgehead atoms. The maximum Gasteiger partial charge on any atom is 0.412 e. The Hall–Kier alpha value is -3.49. The second kappa shape index (κ2) is 8.94. The summed E-state index contributed by atoms with van der Waals surface area (Å²) >= 11 is 0. The van der Waals surface area contributed by atoms with Gasteiger partial charge in [-0.05, 0) is 71.7 Å². The summed E-state index contributed by atoms with van der Waals surface area (Å²) in [5, 5.41) is 9.54. The summed E-state index contributed by atoms with van der Waals surface area (Å²) in [7, 11) is 0. The molecule has 0 aliphatic heterocycles. The zero-order valence-electron chi connectivity index (χ0n) is 19.2. The van der Waals surface area contributed by atoms with Crippen LogP contribution in [0.4, 0.5) is 20.6 Å². The molecule has 2 N–H and O–H groups in total. The fourth-order valence-electron chi connectivity index (χ4n) is 3.37. The molecule has 2 amide bonds. The lowest BCUT2D eigenvalue weighted by Gasteiger charge is -2.20. The quantitative estimate of drug-likeness (QED) is 0.597. The van der Waals surface area contributed by atoms with Gasteiger partial charge >= 0.3 is 6.09 Å². The highest BCUT2D eigenvalue weighted by atomic mass is 19.1. The molecule has 170 valence electrons. The summed E-state index contributed by atoms with van der Waals surface area (Å²) in [5.41, 5.74) is 3.94. The first-order chi connectivity index (χ1) is 14.9. The standard InChI is InChI=1S/C23H28FN5O3/c1-13-11-20-25-14(2)17(15(3)29(20)28-13)8-10-21(30)27-19-12-16(7-9-18(19)24)26-22(31)32-23(4,5)6/h7,9,11-12H,8,10H2,1-6H3,(H,26,31)(H,27,30). The summed E-state index contributed by atoms with van der Waals surface area (Å²) < 4.78 is 21.2. The molecular formula is C23H28FN5O3. The molecular weight excluding hydrogens is 413 g/mol. The van der Waals surface area contributed by atoms with Crippen LogP contribution in [0.15, 0.2) is 24.3 Å². The molecule has 8 nitrogen and oxygen atoms in total. The van der Waals surface area contributed by atoms with E-state index < -0.39 is 17.5 Å². The molecule has 9 heteroatoms. The van der Waals surface area contributed by atoms with Crippen LogP contribution in [0.3, 0.4) is 0 Å². The minimum absolute atomic E-state index is 0.0201. The molecule has 0 aliphatic carbocycles. The molecule has 32 heavy (non-hydrogen) atoms. The third-order valence-electron chi connectivity index (χ3n) is 4.77. The Labute approximate surface area is 186 Å². The van der Waals surface area contributed by atoms with E-state index in [9.17, 15) is 14.0 Å². The number of nitrogens with zero attached hydrogens (tertiary/aromatic N) is 3. The van der Waals surface area contributed by atoms with Crippen molar-refractivity contribution in [2.24, 2.45) is 0 Å². The minimum atomic E-state index is -0.663. The number of carbonyl (C=O) groups is 2. The van der Waals surface area contributed by atoms with Crippen LogP contribution in [0.5, 0.6) is 0 Å². The third kappa shape index (κ3) is 5.60. The van der Waals surface area contributed by atoms with Crippen molar-refractivity contribution >= 4 is 29.0 Å².